The number of halogens is 3. The quantitative estimate of drug-likeness (QED) is 0.0787. The predicted octanol–water partition coefficient (Wildman–Crippen LogP) is 5.08. The number of alkyl halides is 3. The highest BCUT2D eigenvalue weighted by molar-refractivity contribution is 5.88. The summed E-state index contributed by atoms with van der Waals surface area (Å²) >= 11 is 0. The highest BCUT2D eigenvalue weighted by Gasteiger charge is 2.35. The molecule has 0 spiro atoms. The van der Waals surface area contributed by atoms with Crippen LogP contribution in [0.2, 0.25) is 0 Å². The summed E-state index contributed by atoms with van der Waals surface area (Å²) in [5, 5.41) is 18.1. The number of hydrogen-bond donors (Lipinski definition) is 3. The van der Waals surface area contributed by atoms with Crippen LogP contribution in [0.4, 0.5) is 30.8 Å². The molecule has 0 aliphatic carbocycles. The Labute approximate surface area is 257 Å². The molecular weight excluding hydrogens is 591 g/mol. The van der Waals surface area contributed by atoms with Crippen LogP contribution in [0.5, 0.6) is 0 Å². The Bertz CT molecular complexity index is 1750. The van der Waals surface area contributed by atoms with Crippen molar-refractivity contribution in [3.63, 3.8) is 0 Å². The number of nitrogens with zero attached hydrogens (tertiary/aromatic N) is 8. The average molecular weight is 627 g/mol. The molecule has 238 valence electrons. The van der Waals surface area contributed by atoms with Crippen LogP contribution in [0, 0.1) is 37.8 Å². The van der Waals surface area contributed by atoms with Crippen LogP contribution < -0.4 is 15.2 Å². The number of aromatic amines is 1. The Hall–Kier alpha value is -5.15. The summed E-state index contributed by atoms with van der Waals surface area (Å²) in [6, 6.07) is 8.10. The van der Waals surface area contributed by atoms with E-state index in [1.807, 2.05) is 31.3 Å². The van der Waals surface area contributed by atoms with Crippen molar-refractivity contribution in [1.82, 2.24) is 34.5 Å². The van der Waals surface area contributed by atoms with Crippen molar-refractivity contribution in [1.29, 1.82) is 0 Å². The second kappa shape index (κ2) is 14.5. The van der Waals surface area contributed by atoms with Gasteiger partial charge in [0, 0.05) is 43.1 Å². The standard InChI is InChI=1S/C16H19N5.C13H15F3N6O2/c1-12-19-15-7-4-3-6-14(15)16(20-12)18-8-5-10-21-11-9-17-13(21)2;1-8-9(2)19-11(13(14,15)16)20-10(8)17-4-3-6-21-7-5-18-12(21)22(23)24/h3-4,6-7,9,11H,5,8,10H2,1-2H3,(H,18,19,20);5,7H,3-4,6H2,1-2H3,(H,17,19,20)/p+1. The van der Waals surface area contributed by atoms with Gasteiger partial charge >= 0.3 is 12.1 Å². The SMILES string of the molecule is Cc1nc(C(F)(F)F)nc(NCCCn2ccnc2[N+](=O)[O-])c1C.Cc1nc(NCCC[n+]2cc[nH]c2C)c2ccccc2n1. The summed E-state index contributed by atoms with van der Waals surface area (Å²) in [5.41, 5.74) is 1.75. The normalized spacial score (nSPS) is 11.3. The lowest BCUT2D eigenvalue weighted by Crippen LogP contribution is -2.35. The van der Waals surface area contributed by atoms with Crippen molar-refractivity contribution >= 4 is 28.5 Å². The lowest BCUT2D eigenvalue weighted by molar-refractivity contribution is -0.701. The first-order valence-corrected chi connectivity index (χ1v) is 14.3. The molecule has 4 heterocycles. The molecule has 0 saturated heterocycles. The maximum atomic E-state index is 12.7. The number of H-pyrrole nitrogens is 1. The number of anilines is 2. The van der Waals surface area contributed by atoms with Gasteiger partial charge in [0.15, 0.2) is 0 Å². The number of rotatable bonds is 11. The summed E-state index contributed by atoms with van der Waals surface area (Å²) in [4.78, 5) is 32.9. The molecule has 0 fully saturated rings. The van der Waals surface area contributed by atoms with Crippen LogP contribution in [-0.4, -0.2) is 52.5 Å². The van der Waals surface area contributed by atoms with Gasteiger partial charge in [-0.3, -0.25) is 0 Å². The lowest BCUT2D eigenvalue weighted by Gasteiger charge is -2.13. The van der Waals surface area contributed by atoms with Gasteiger partial charge in [0.25, 0.3) is 5.82 Å². The zero-order valence-corrected chi connectivity index (χ0v) is 25.4. The van der Waals surface area contributed by atoms with Gasteiger partial charge in [-0.15, -0.1) is 0 Å². The van der Waals surface area contributed by atoms with Gasteiger partial charge in [0.1, 0.15) is 42.2 Å². The second-order valence-electron chi connectivity index (χ2n) is 10.2. The predicted molar refractivity (Wildman–Crippen MR) is 162 cm³/mol. The molecule has 0 aliphatic heterocycles. The molecule has 0 bridgehead atoms. The highest BCUT2D eigenvalue weighted by atomic mass is 19.4. The number of hydrogen-bond acceptors (Lipinski definition) is 9. The zero-order chi connectivity index (χ0) is 32.6. The van der Waals surface area contributed by atoms with Crippen molar-refractivity contribution in [3.05, 3.63) is 87.9 Å². The van der Waals surface area contributed by atoms with Gasteiger partial charge in [0.05, 0.1) is 18.6 Å². The van der Waals surface area contributed by atoms with Crippen LogP contribution in [0.3, 0.4) is 0 Å². The van der Waals surface area contributed by atoms with Crippen LogP contribution in [-0.2, 0) is 19.3 Å². The number of imidazole rings is 2. The van der Waals surface area contributed by atoms with Gasteiger partial charge in [-0.2, -0.15) is 13.2 Å². The number of benzene rings is 1. The molecule has 0 aliphatic rings. The Kier molecular flexibility index (Phi) is 10.6. The lowest BCUT2D eigenvalue weighted by atomic mass is 10.2. The molecule has 0 unspecified atom stereocenters. The van der Waals surface area contributed by atoms with E-state index in [4.69, 9.17) is 0 Å². The molecule has 1 aromatic carbocycles. The zero-order valence-electron chi connectivity index (χ0n) is 25.4. The monoisotopic (exact) mass is 626 g/mol. The van der Waals surface area contributed by atoms with Crippen LogP contribution >= 0.6 is 0 Å². The molecule has 13 nitrogen and oxygen atoms in total. The first-order chi connectivity index (χ1) is 21.4. The van der Waals surface area contributed by atoms with Crippen LogP contribution in [0.1, 0.15) is 41.6 Å². The third-order valence-electron chi connectivity index (χ3n) is 6.93. The van der Waals surface area contributed by atoms with Crippen molar-refractivity contribution < 1.29 is 22.7 Å². The van der Waals surface area contributed by atoms with Gasteiger partial charge in [0.2, 0.25) is 5.82 Å². The van der Waals surface area contributed by atoms with E-state index in [-0.39, 0.29) is 17.5 Å². The number of aryl methyl sites for hydroxylation is 5. The third kappa shape index (κ3) is 8.70. The minimum absolute atomic E-state index is 0.106. The van der Waals surface area contributed by atoms with E-state index in [1.54, 1.807) is 6.92 Å². The molecule has 5 rings (SSSR count). The summed E-state index contributed by atoms with van der Waals surface area (Å²) in [6.07, 6.45) is 3.69. The Morgan fingerprint density at radius 3 is 2.44 bits per heavy atom. The molecule has 0 saturated carbocycles. The molecule has 0 atom stereocenters. The van der Waals surface area contributed by atoms with E-state index in [9.17, 15) is 23.3 Å². The number of para-hydroxylation sites is 1. The maximum absolute atomic E-state index is 12.7. The fourth-order valence-electron chi connectivity index (χ4n) is 4.50. The Morgan fingerprint density at radius 1 is 1.00 bits per heavy atom. The number of nitrogens with one attached hydrogen (secondary N) is 3. The average Bonchev–Trinajstić information content (AvgIpc) is 3.63. The minimum Gasteiger partial charge on any atom is -0.390 e. The molecule has 0 amide bonds. The molecular formula is C29H35F3N11O2+. The number of aromatic nitrogens is 8. The fourth-order valence-corrected chi connectivity index (χ4v) is 4.50. The van der Waals surface area contributed by atoms with Gasteiger partial charge in [-0.25, -0.2) is 34.1 Å². The maximum Gasteiger partial charge on any atom is 0.451 e. The van der Waals surface area contributed by atoms with E-state index in [0.29, 0.717) is 25.1 Å². The first-order valence-electron chi connectivity index (χ1n) is 14.3. The summed E-state index contributed by atoms with van der Waals surface area (Å²) in [6.45, 7) is 9.58. The summed E-state index contributed by atoms with van der Waals surface area (Å²) < 4.78 is 41.8. The van der Waals surface area contributed by atoms with Crippen molar-refractivity contribution in [2.45, 2.75) is 59.8 Å². The molecule has 0 radical (unpaired) electrons. The van der Waals surface area contributed by atoms with Crippen molar-refractivity contribution in [2.75, 3.05) is 23.7 Å². The van der Waals surface area contributed by atoms with E-state index in [0.717, 1.165) is 42.1 Å². The third-order valence-corrected chi connectivity index (χ3v) is 6.93. The Balaban J connectivity index is 0.000000206. The highest BCUT2D eigenvalue weighted by Crippen LogP contribution is 2.28. The molecule has 16 heteroatoms. The molecule has 45 heavy (non-hydrogen) atoms. The molecule has 5 aromatic rings. The fraction of sp³-hybridized carbons (Fsp3) is 0.379. The largest absolute Gasteiger partial charge is 0.451 e. The van der Waals surface area contributed by atoms with Crippen molar-refractivity contribution in [3.8, 4) is 0 Å². The smallest absolute Gasteiger partial charge is 0.390 e. The minimum atomic E-state index is -4.62. The topological polar surface area (TPSA) is 156 Å². The Morgan fingerprint density at radius 2 is 1.73 bits per heavy atom. The summed E-state index contributed by atoms with van der Waals surface area (Å²) in [7, 11) is 0. The molecule has 3 N–H and O–H groups in total. The number of nitro groups is 1. The van der Waals surface area contributed by atoms with Crippen LogP contribution in [0.15, 0.2) is 49.1 Å². The molecule has 4 aromatic heterocycles. The van der Waals surface area contributed by atoms with Gasteiger partial charge in [-0.05, 0) is 44.2 Å². The summed E-state index contributed by atoms with van der Waals surface area (Å²) in [5.74, 6) is 1.54. The van der Waals surface area contributed by atoms with E-state index >= 15 is 0 Å². The van der Waals surface area contributed by atoms with Gasteiger partial charge < -0.3 is 20.7 Å². The van der Waals surface area contributed by atoms with E-state index in [1.165, 1.54) is 29.7 Å². The van der Waals surface area contributed by atoms with E-state index < -0.39 is 16.9 Å². The second-order valence-corrected chi connectivity index (χ2v) is 10.2. The van der Waals surface area contributed by atoms with Crippen LogP contribution in [0.25, 0.3) is 10.9 Å². The van der Waals surface area contributed by atoms with Crippen molar-refractivity contribution in [2.24, 2.45) is 0 Å². The first kappa shape index (κ1) is 32.8. The number of fused-ring (bicyclic) bond motifs is 1. The van der Waals surface area contributed by atoms with E-state index in [2.05, 4.69) is 64.3 Å². The van der Waals surface area contributed by atoms with Gasteiger partial charge in [-0.1, -0.05) is 17.1 Å².